The fraction of sp³-hybridized carbons (Fsp3) is 0.650. The van der Waals surface area contributed by atoms with Crippen molar-refractivity contribution >= 4 is 35.6 Å². The number of para-hydroxylation sites is 1. The quantitative estimate of drug-likeness (QED) is 0.317. The van der Waals surface area contributed by atoms with Gasteiger partial charge in [-0.15, -0.1) is 24.0 Å². The van der Waals surface area contributed by atoms with Crippen molar-refractivity contribution in [2.24, 2.45) is 10.9 Å². The molecular formula is C20H33IN4. The van der Waals surface area contributed by atoms with Gasteiger partial charge in [0.1, 0.15) is 0 Å². The lowest BCUT2D eigenvalue weighted by Crippen LogP contribution is -2.41. The van der Waals surface area contributed by atoms with E-state index in [1.54, 1.807) is 0 Å². The Bertz CT molecular complexity index is 552. The zero-order valence-corrected chi connectivity index (χ0v) is 18.0. The zero-order chi connectivity index (χ0) is 16.8. The Morgan fingerprint density at radius 2 is 1.92 bits per heavy atom. The van der Waals surface area contributed by atoms with Gasteiger partial charge in [0, 0.05) is 25.8 Å². The van der Waals surface area contributed by atoms with Crippen molar-refractivity contribution in [1.82, 2.24) is 10.2 Å². The van der Waals surface area contributed by atoms with Crippen LogP contribution in [0.3, 0.4) is 0 Å². The molecule has 2 aliphatic rings. The van der Waals surface area contributed by atoms with Crippen LogP contribution in [0.15, 0.2) is 29.3 Å². The van der Waals surface area contributed by atoms with E-state index in [-0.39, 0.29) is 24.0 Å². The molecule has 0 atom stereocenters. The highest BCUT2D eigenvalue weighted by Crippen LogP contribution is 2.27. The molecule has 1 aromatic carbocycles. The van der Waals surface area contributed by atoms with Crippen LogP contribution >= 0.6 is 24.0 Å². The number of nitrogens with one attached hydrogen (secondary N) is 1. The number of anilines is 1. The molecule has 2 heterocycles. The van der Waals surface area contributed by atoms with Gasteiger partial charge in [-0.25, -0.2) is 0 Å². The molecule has 2 aliphatic heterocycles. The number of rotatable bonds is 5. The number of hydrogen-bond acceptors (Lipinski definition) is 2. The molecule has 0 spiro atoms. The minimum absolute atomic E-state index is 0. The van der Waals surface area contributed by atoms with E-state index in [1.807, 2.05) is 7.05 Å². The number of piperidine rings is 1. The van der Waals surface area contributed by atoms with Crippen molar-refractivity contribution in [2.45, 2.75) is 39.0 Å². The maximum absolute atomic E-state index is 4.49. The number of hydrogen-bond donors (Lipinski definition) is 1. The molecular weight excluding hydrogens is 423 g/mol. The fourth-order valence-corrected chi connectivity index (χ4v) is 3.80. The topological polar surface area (TPSA) is 30.9 Å². The molecule has 1 fully saturated rings. The Kier molecular flexibility index (Phi) is 8.49. The SMILES string of the molecule is CN=C(NCCCCN1CCC(C)CC1)N1CCc2ccccc21.I. The van der Waals surface area contributed by atoms with Crippen LogP contribution in [-0.4, -0.2) is 50.6 Å². The van der Waals surface area contributed by atoms with Crippen molar-refractivity contribution in [3.63, 3.8) is 0 Å². The van der Waals surface area contributed by atoms with Crippen LogP contribution in [0.2, 0.25) is 0 Å². The average molecular weight is 456 g/mol. The van der Waals surface area contributed by atoms with Crippen LogP contribution in [-0.2, 0) is 6.42 Å². The number of likely N-dealkylation sites (tertiary alicyclic amines) is 1. The Labute approximate surface area is 170 Å². The molecule has 1 aromatic rings. The molecule has 5 heteroatoms. The largest absolute Gasteiger partial charge is 0.356 e. The number of benzene rings is 1. The first-order valence-electron chi connectivity index (χ1n) is 9.56. The third-order valence-electron chi connectivity index (χ3n) is 5.42. The molecule has 0 radical (unpaired) electrons. The Hall–Kier alpha value is -0.820. The smallest absolute Gasteiger partial charge is 0.198 e. The Morgan fingerprint density at radius 3 is 2.68 bits per heavy atom. The molecule has 140 valence electrons. The molecule has 0 bridgehead atoms. The van der Waals surface area contributed by atoms with Gasteiger partial charge >= 0.3 is 0 Å². The van der Waals surface area contributed by atoms with Gasteiger partial charge in [-0.3, -0.25) is 4.99 Å². The van der Waals surface area contributed by atoms with Crippen molar-refractivity contribution in [2.75, 3.05) is 44.7 Å². The standard InChI is InChI=1S/C20H32N4.HI/c1-17-9-14-23(15-10-17)13-6-5-12-22-20(21-2)24-16-11-18-7-3-4-8-19(18)24;/h3-4,7-8,17H,5-6,9-16H2,1-2H3,(H,21,22);1H. The van der Waals surface area contributed by atoms with Gasteiger partial charge in [0.25, 0.3) is 0 Å². The molecule has 3 rings (SSSR count). The zero-order valence-electron chi connectivity index (χ0n) is 15.7. The maximum Gasteiger partial charge on any atom is 0.198 e. The summed E-state index contributed by atoms with van der Waals surface area (Å²) in [7, 11) is 1.89. The van der Waals surface area contributed by atoms with E-state index < -0.39 is 0 Å². The first-order valence-corrected chi connectivity index (χ1v) is 9.56. The van der Waals surface area contributed by atoms with Crippen LogP contribution in [0, 0.1) is 5.92 Å². The Morgan fingerprint density at radius 1 is 1.16 bits per heavy atom. The summed E-state index contributed by atoms with van der Waals surface area (Å²) in [6.45, 7) is 8.26. The fourth-order valence-electron chi connectivity index (χ4n) is 3.80. The van der Waals surface area contributed by atoms with Crippen molar-refractivity contribution in [3.8, 4) is 0 Å². The van der Waals surface area contributed by atoms with E-state index in [0.717, 1.165) is 31.4 Å². The lowest BCUT2D eigenvalue weighted by molar-refractivity contribution is 0.189. The van der Waals surface area contributed by atoms with E-state index in [2.05, 4.69) is 51.3 Å². The minimum Gasteiger partial charge on any atom is -0.356 e. The van der Waals surface area contributed by atoms with Gasteiger partial charge in [-0.2, -0.15) is 0 Å². The summed E-state index contributed by atoms with van der Waals surface area (Å²) in [6, 6.07) is 8.67. The summed E-state index contributed by atoms with van der Waals surface area (Å²) in [5.74, 6) is 1.95. The van der Waals surface area contributed by atoms with E-state index in [0.29, 0.717) is 0 Å². The van der Waals surface area contributed by atoms with Gasteiger partial charge in [0.2, 0.25) is 0 Å². The molecule has 0 saturated carbocycles. The third-order valence-corrected chi connectivity index (χ3v) is 5.42. The Balaban J connectivity index is 0.00000225. The lowest BCUT2D eigenvalue weighted by Gasteiger charge is -2.30. The first kappa shape index (κ1) is 20.5. The van der Waals surface area contributed by atoms with E-state index in [9.17, 15) is 0 Å². The van der Waals surface area contributed by atoms with Gasteiger partial charge in [-0.05, 0) is 69.3 Å². The second-order valence-corrected chi connectivity index (χ2v) is 7.24. The second kappa shape index (κ2) is 10.4. The molecule has 0 aromatic heterocycles. The monoisotopic (exact) mass is 456 g/mol. The summed E-state index contributed by atoms with van der Waals surface area (Å²) < 4.78 is 0. The van der Waals surface area contributed by atoms with Gasteiger partial charge in [0.05, 0.1) is 0 Å². The van der Waals surface area contributed by atoms with Crippen molar-refractivity contribution in [3.05, 3.63) is 29.8 Å². The molecule has 4 nitrogen and oxygen atoms in total. The predicted octanol–water partition coefficient (Wildman–Crippen LogP) is 3.75. The van der Waals surface area contributed by atoms with Crippen molar-refractivity contribution < 1.29 is 0 Å². The minimum atomic E-state index is 0. The highest BCUT2D eigenvalue weighted by atomic mass is 127. The molecule has 25 heavy (non-hydrogen) atoms. The van der Waals surface area contributed by atoms with E-state index in [1.165, 1.54) is 56.6 Å². The summed E-state index contributed by atoms with van der Waals surface area (Å²) in [5.41, 5.74) is 2.74. The number of unbranched alkanes of at least 4 members (excludes halogenated alkanes) is 1. The maximum atomic E-state index is 4.49. The van der Waals surface area contributed by atoms with Crippen LogP contribution in [0.5, 0.6) is 0 Å². The number of aliphatic imine (C=N–C) groups is 1. The average Bonchev–Trinajstić information content (AvgIpc) is 3.04. The lowest BCUT2D eigenvalue weighted by atomic mass is 9.99. The summed E-state index contributed by atoms with van der Waals surface area (Å²) >= 11 is 0. The van der Waals surface area contributed by atoms with Gasteiger partial charge in [-0.1, -0.05) is 25.1 Å². The first-order chi connectivity index (χ1) is 11.8. The predicted molar refractivity (Wildman–Crippen MR) is 118 cm³/mol. The summed E-state index contributed by atoms with van der Waals surface area (Å²) in [4.78, 5) is 9.44. The number of fused-ring (bicyclic) bond motifs is 1. The molecule has 0 amide bonds. The summed E-state index contributed by atoms with van der Waals surface area (Å²) in [5, 5.41) is 3.55. The van der Waals surface area contributed by atoms with Gasteiger partial charge in [0.15, 0.2) is 5.96 Å². The van der Waals surface area contributed by atoms with Crippen LogP contribution in [0.4, 0.5) is 5.69 Å². The molecule has 0 unspecified atom stereocenters. The van der Waals surface area contributed by atoms with Gasteiger partial charge < -0.3 is 15.1 Å². The van der Waals surface area contributed by atoms with Crippen LogP contribution < -0.4 is 10.2 Å². The van der Waals surface area contributed by atoms with E-state index in [4.69, 9.17) is 0 Å². The number of nitrogens with zero attached hydrogens (tertiary/aromatic N) is 3. The highest BCUT2D eigenvalue weighted by molar-refractivity contribution is 14.0. The van der Waals surface area contributed by atoms with Crippen LogP contribution in [0.1, 0.15) is 38.2 Å². The molecule has 1 saturated heterocycles. The summed E-state index contributed by atoms with van der Waals surface area (Å²) in [6.07, 6.45) is 6.35. The normalized spacial score (nSPS) is 18.8. The molecule has 1 N–H and O–H groups in total. The van der Waals surface area contributed by atoms with Crippen molar-refractivity contribution in [1.29, 1.82) is 0 Å². The molecule has 0 aliphatic carbocycles. The van der Waals surface area contributed by atoms with Crippen LogP contribution in [0.25, 0.3) is 0 Å². The van der Waals surface area contributed by atoms with E-state index >= 15 is 0 Å². The highest BCUT2D eigenvalue weighted by Gasteiger charge is 2.22. The third kappa shape index (κ3) is 5.58. The number of guanidine groups is 1. The second-order valence-electron chi connectivity index (χ2n) is 7.24. The number of halogens is 1.